The Morgan fingerprint density at radius 1 is 1.21 bits per heavy atom. The fourth-order valence-corrected chi connectivity index (χ4v) is 3.39. The Morgan fingerprint density at radius 2 is 1.90 bits per heavy atom. The molecule has 0 bridgehead atoms. The molecule has 154 valence electrons. The van der Waals surface area contributed by atoms with Gasteiger partial charge in [-0.2, -0.15) is 0 Å². The molecule has 2 amide bonds. The first-order chi connectivity index (χ1) is 14.0. The predicted octanol–water partition coefficient (Wildman–Crippen LogP) is 1.55. The highest BCUT2D eigenvalue weighted by Crippen LogP contribution is 2.17. The van der Waals surface area contributed by atoms with Crippen LogP contribution in [0.5, 0.6) is 5.75 Å². The molecule has 0 unspecified atom stereocenters. The minimum absolute atomic E-state index is 0.0366. The van der Waals surface area contributed by atoms with E-state index in [0.29, 0.717) is 12.4 Å². The Bertz CT molecular complexity index is 931. The summed E-state index contributed by atoms with van der Waals surface area (Å²) in [6.07, 6.45) is 5.29. The van der Waals surface area contributed by atoms with E-state index in [9.17, 15) is 14.4 Å². The number of ether oxygens (including phenoxy) is 1. The average Bonchev–Trinajstić information content (AvgIpc) is 3.22. The van der Waals surface area contributed by atoms with Gasteiger partial charge < -0.3 is 15.4 Å². The first-order valence-corrected chi connectivity index (χ1v) is 9.75. The van der Waals surface area contributed by atoms with E-state index in [1.54, 1.807) is 14.0 Å². The molecule has 0 radical (unpaired) electrons. The molecule has 1 heterocycles. The van der Waals surface area contributed by atoms with Crippen molar-refractivity contribution in [3.05, 3.63) is 57.8 Å². The maximum atomic E-state index is 12.8. The van der Waals surface area contributed by atoms with Gasteiger partial charge in [-0.25, -0.2) is 4.98 Å². The third kappa shape index (κ3) is 5.22. The van der Waals surface area contributed by atoms with Crippen LogP contribution in [0.3, 0.4) is 0 Å². The topological polar surface area (TPSA) is 102 Å². The minimum atomic E-state index is -0.507. The van der Waals surface area contributed by atoms with Crippen molar-refractivity contribution in [3.8, 4) is 5.75 Å². The minimum Gasteiger partial charge on any atom is -0.497 e. The van der Waals surface area contributed by atoms with Gasteiger partial charge in [0.2, 0.25) is 5.91 Å². The number of carbonyl (C=O) groups excluding carboxylic acids is 2. The molecule has 1 aromatic carbocycles. The standard InChI is InChI=1S/C21H26N4O4/c1-14-22-12-18(20(27)24-16-5-3-4-6-16)21(28)25(14)13-19(26)23-11-15-7-9-17(29-2)10-8-15/h7-10,12,16H,3-6,11,13H2,1-2H3,(H,23,26)(H,24,27). The molecule has 2 aromatic rings. The average molecular weight is 398 g/mol. The molecule has 0 atom stereocenters. The normalized spacial score (nSPS) is 13.9. The van der Waals surface area contributed by atoms with Gasteiger partial charge in [0.05, 0.1) is 7.11 Å². The quantitative estimate of drug-likeness (QED) is 0.737. The number of rotatable bonds is 7. The van der Waals surface area contributed by atoms with Crippen LogP contribution >= 0.6 is 0 Å². The van der Waals surface area contributed by atoms with E-state index >= 15 is 0 Å². The lowest BCUT2D eigenvalue weighted by atomic mass is 10.2. The number of nitrogens with one attached hydrogen (secondary N) is 2. The van der Waals surface area contributed by atoms with Crippen molar-refractivity contribution in [2.75, 3.05) is 7.11 Å². The monoisotopic (exact) mass is 398 g/mol. The number of benzene rings is 1. The Morgan fingerprint density at radius 3 is 2.55 bits per heavy atom. The van der Waals surface area contributed by atoms with Crippen LogP contribution in [0, 0.1) is 6.92 Å². The molecule has 1 fully saturated rings. The Kier molecular flexibility index (Phi) is 6.64. The van der Waals surface area contributed by atoms with E-state index in [4.69, 9.17) is 4.74 Å². The Labute approximate surface area is 169 Å². The summed E-state index contributed by atoms with van der Waals surface area (Å²) in [5.41, 5.74) is 0.365. The molecule has 2 N–H and O–H groups in total. The molecule has 8 nitrogen and oxygen atoms in total. The molecule has 1 saturated carbocycles. The van der Waals surface area contributed by atoms with E-state index in [0.717, 1.165) is 37.0 Å². The summed E-state index contributed by atoms with van der Waals surface area (Å²) in [7, 11) is 1.59. The number of amides is 2. The smallest absolute Gasteiger partial charge is 0.266 e. The molecule has 8 heteroatoms. The van der Waals surface area contributed by atoms with Gasteiger partial charge in [-0.3, -0.25) is 19.0 Å². The zero-order chi connectivity index (χ0) is 20.8. The van der Waals surface area contributed by atoms with E-state index in [-0.39, 0.29) is 24.1 Å². The van der Waals surface area contributed by atoms with Crippen molar-refractivity contribution in [2.24, 2.45) is 0 Å². The van der Waals surface area contributed by atoms with Gasteiger partial charge in [0.15, 0.2) is 0 Å². The maximum Gasteiger partial charge on any atom is 0.266 e. The summed E-state index contributed by atoms with van der Waals surface area (Å²) in [6, 6.07) is 7.43. The fourth-order valence-electron chi connectivity index (χ4n) is 3.39. The summed E-state index contributed by atoms with van der Waals surface area (Å²) < 4.78 is 6.34. The number of hydrogen-bond acceptors (Lipinski definition) is 5. The van der Waals surface area contributed by atoms with Crippen molar-refractivity contribution >= 4 is 11.8 Å². The first kappa shape index (κ1) is 20.6. The van der Waals surface area contributed by atoms with E-state index in [2.05, 4.69) is 15.6 Å². The molecule has 29 heavy (non-hydrogen) atoms. The highest BCUT2D eigenvalue weighted by molar-refractivity contribution is 5.93. The number of methoxy groups -OCH3 is 1. The lowest BCUT2D eigenvalue weighted by Gasteiger charge is -2.14. The van der Waals surface area contributed by atoms with Crippen LogP contribution in [-0.2, 0) is 17.9 Å². The SMILES string of the molecule is COc1ccc(CNC(=O)Cn2c(C)ncc(C(=O)NC3CCCC3)c2=O)cc1. The van der Waals surface area contributed by atoms with Gasteiger partial charge in [-0.15, -0.1) is 0 Å². The van der Waals surface area contributed by atoms with Crippen LogP contribution in [0.1, 0.15) is 47.4 Å². The van der Waals surface area contributed by atoms with Crippen LogP contribution in [-0.4, -0.2) is 34.5 Å². The molecule has 1 aliphatic carbocycles. The van der Waals surface area contributed by atoms with Crippen LogP contribution in [0.2, 0.25) is 0 Å². The number of aromatic nitrogens is 2. The summed E-state index contributed by atoms with van der Waals surface area (Å²) in [6.45, 7) is 1.76. The van der Waals surface area contributed by atoms with E-state index in [1.807, 2.05) is 24.3 Å². The Balaban J connectivity index is 1.65. The largest absolute Gasteiger partial charge is 0.497 e. The molecule has 3 rings (SSSR count). The van der Waals surface area contributed by atoms with Crippen molar-refractivity contribution < 1.29 is 14.3 Å². The van der Waals surface area contributed by atoms with Crippen molar-refractivity contribution in [1.29, 1.82) is 0 Å². The second-order valence-electron chi connectivity index (χ2n) is 7.19. The van der Waals surface area contributed by atoms with Gasteiger partial charge in [0, 0.05) is 18.8 Å². The second kappa shape index (κ2) is 9.36. The molecule has 0 spiro atoms. The first-order valence-electron chi connectivity index (χ1n) is 9.75. The zero-order valence-electron chi connectivity index (χ0n) is 16.7. The van der Waals surface area contributed by atoms with Gasteiger partial charge in [0.1, 0.15) is 23.7 Å². The highest BCUT2D eigenvalue weighted by Gasteiger charge is 2.21. The van der Waals surface area contributed by atoms with Gasteiger partial charge in [0.25, 0.3) is 11.5 Å². The van der Waals surface area contributed by atoms with Gasteiger partial charge in [-0.05, 0) is 37.5 Å². The molecular formula is C21H26N4O4. The van der Waals surface area contributed by atoms with Crippen LogP contribution in [0.25, 0.3) is 0 Å². The molecule has 1 aliphatic rings. The molecule has 1 aromatic heterocycles. The second-order valence-corrected chi connectivity index (χ2v) is 7.19. The van der Waals surface area contributed by atoms with Crippen LogP contribution in [0.15, 0.2) is 35.3 Å². The fraction of sp³-hybridized carbons (Fsp3) is 0.429. The summed E-state index contributed by atoms with van der Waals surface area (Å²) in [5, 5.41) is 5.67. The third-order valence-corrected chi connectivity index (χ3v) is 5.13. The van der Waals surface area contributed by atoms with E-state index in [1.165, 1.54) is 10.8 Å². The highest BCUT2D eigenvalue weighted by atomic mass is 16.5. The van der Waals surface area contributed by atoms with E-state index < -0.39 is 11.5 Å². The third-order valence-electron chi connectivity index (χ3n) is 5.13. The maximum absolute atomic E-state index is 12.8. The molecular weight excluding hydrogens is 372 g/mol. The Hall–Kier alpha value is -3.16. The van der Waals surface area contributed by atoms with Gasteiger partial charge >= 0.3 is 0 Å². The van der Waals surface area contributed by atoms with Crippen LogP contribution in [0.4, 0.5) is 0 Å². The lowest BCUT2D eigenvalue weighted by molar-refractivity contribution is -0.121. The van der Waals surface area contributed by atoms with Gasteiger partial charge in [-0.1, -0.05) is 25.0 Å². The van der Waals surface area contributed by atoms with Crippen molar-refractivity contribution in [1.82, 2.24) is 20.2 Å². The lowest BCUT2D eigenvalue weighted by Crippen LogP contribution is -2.40. The zero-order valence-corrected chi connectivity index (χ0v) is 16.7. The van der Waals surface area contributed by atoms with Crippen molar-refractivity contribution in [2.45, 2.75) is 51.7 Å². The summed E-state index contributed by atoms with van der Waals surface area (Å²) >= 11 is 0. The molecule has 0 saturated heterocycles. The number of carbonyl (C=O) groups is 2. The molecule has 0 aliphatic heterocycles. The predicted molar refractivity (Wildman–Crippen MR) is 108 cm³/mol. The number of hydrogen-bond donors (Lipinski definition) is 2. The number of aryl methyl sites for hydroxylation is 1. The number of nitrogens with zero attached hydrogens (tertiary/aromatic N) is 2. The summed E-state index contributed by atoms with van der Waals surface area (Å²) in [5.74, 6) is 0.357. The summed E-state index contributed by atoms with van der Waals surface area (Å²) in [4.78, 5) is 41.7. The van der Waals surface area contributed by atoms with Crippen molar-refractivity contribution in [3.63, 3.8) is 0 Å². The van der Waals surface area contributed by atoms with Crippen LogP contribution < -0.4 is 20.9 Å².